The number of nitrogens with zero attached hydrogens (tertiary/aromatic N) is 1. The lowest BCUT2D eigenvalue weighted by Gasteiger charge is -2.09. The van der Waals surface area contributed by atoms with Gasteiger partial charge < -0.3 is 0 Å². The van der Waals surface area contributed by atoms with Crippen molar-refractivity contribution in [3.8, 4) is 0 Å². The highest BCUT2D eigenvalue weighted by Crippen LogP contribution is 2.00. The van der Waals surface area contributed by atoms with Crippen LogP contribution in [0.2, 0.25) is 0 Å². The zero-order valence-corrected chi connectivity index (χ0v) is 7.59. The first kappa shape index (κ1) is 10.6. The molecule has 1 aliphatic heterocycles. The van der Waals surface area contributed by atoms with E-state index in [4.69, 9.17) is 4.84 Å². The minimum absolute atomic E-state index is 0.273. The third-order valence-corrected chi connectivity index (χ3v) is 1.31. The molecule has 0 spiro atoms. The van der Waals surface area contributed by atoms with Gasteiger partial charge >= 0.3 is 0 Å². The van der Waals surface area contributed by atoms with Gasteiger partial charge in [-0.2, -0.15) is 5.06 Å². The minimum atomic E-state index is 0.273. The molecule has 0 N–H and O–H groups in total. The van der Waals surface area contributed by atoms with Crippen molar-refractivity contribution >= 4 is 5.78 Å². The van der Waals surface area contributed by atoms with Gasteiger partial charge in [0.25, 0.3) is 0 Å². The van der Waals surface area contributed by atoms with Crippen molar-refractivity contribution < 1.29 is 9.63 Å². The molecule has 1 rings (SSSR count). The van der Waals surface area contributed by atoms with Crippen LogP contribution in [0.5, 0.6) is 0 Å². The van der Waals surface area contributed by atoms with Crippen LogP contribution in [-0.2, 0) is 9.63 Å². The highest BCUT2D eigenvalue weighted by molar-refractivity contribution is 5.80. The number of hydrogen-bond acceptors (Lipinski definition) is 3. The van der Waals surface area contributed by atoms with Crippen molar-refractivity contribution in [1.29, 1.82) is 0 Å². The van der Waals surface area contributed by atoms with Gasteiger partial charge in [0.1, 0.15) is 5.78 Å². The highest BCUT2D eigenvalue weighted by atomic mass is 16.7. The quantitative estimate of drug-likeness (QED) is 0.532. The summed E-state index contributed by atoms with van der Waals surface area (Å²) in [5, 5.41) is 1.59. The van der Waals surface area contributed by atoms with E-state index >= 15 is 0 Å². The molecule has 1 aliphatic rings. The molecule has 3 heteroatoms. The summed E-state index contributed by atoms with van der Waals surface area (Å²) in [6.07, 6.45) is 1.54. The highest BCUT2D eigenvalue weighted by Gasteiger charge is 2.10. The van der Waals surface area contributed by atoms with Crippen LogP contribution in [-0.4, -0.2) is 31.0 Å². The van der Waals surface area contributed by atoms with Crippen molar-refractivity contribution in [3.63, 3.8) is 0 Å². The van der Waals surface area contributed by atoms with Gasteiger partial charge in [-0.15, -0.1) is 0 Å². The van der Waals surface area contributed by atoms with Crippen LogP contribution in [0.25, 0.3) is 0 Å². The molecule has 3 nitrogen and oxygen atoms in total. The molecule has 0 amide bonds. The number of carbonyl (C=O) groups is 1. The second-order valence-electron chi connectivity index (χ2n) is 2.26. The van der Waals surface area contributed by atoms with E-state index in [-0.39, 0.29) is 5.78 Å². The van der Waals surface area contributed by atoms with Gasteiger partial charge in [0.15, 0.2) is 0 Å². The van der Waals surface area contributed by atoms with Crippen LogP contribution in [0, 0.1) is 0 Å². The molecule has 0 unspecified atom stereocenters. The molecule has 1 saturated heterocycles. The lowest BCUT2D eigenvalue weighted by atomic mass is 10.2. The topological polar surface area (TPSA) is 29.5 Å². The van der Waals surface area contributed by atoms with Gasteiger partial charge in [0, 0.05) is 13.5 Å². The smallest absolute Gasteiger partial charge is 0.149 e. The Balaban J connectivity index is 0.000000461. The lowest BCUT2D eigenvalue weighted by molar-refractivity contribution is -0.144. The Morgan fingerprint density at radius 2 is 2.09 bits per heavy atom. The monoisotopic (exact) mass is 159 g/mol. The van der Waals surface area contributed by atoms with E-state index in [1.807, 2.05) is 13.8 Å². The first-order chi connectivity index (χ1) is 5.29. The molecule has 0 saturated carbocycles. The molecule has 0 radical (unpaired) electrons. The standard InChI is InChI=1S/C6H11NO2.C2H6/c1-7-5-6(8)3-2-4-9-7;1-2/h2-5H2,1H3;1-2H3. The normalized spacial score (nSPS) is 20.1. The van der Waals surface area contributed by atoms with Crippen LogP contribution in [0.1, 0.15) is 26.7 Å². The molecule has 0 aromatic carbocycles. The number of rotatable bonds is 0. The molecular weight excluding hydrogens is 142 g/mol. The molecule has 11 heavy (non-hydrogen) atoms. The third-order valence-electron chi connectivity index (χ3n) is 1.31. The molecule has 0 bridgehead atoms. The summed E-state index contributed by atoms with van der Waals surface area (Å²) in [5.74, 6) is 0.273. The fraction of sp³-hybridized carbons (Fsp3) is 0.875. The van der Waals surface area contributed by atoms with Gasteiger partial charge in [0.2, 0.25) is 0 Å². The average Bonchev–Trinajstić information content (AvgIpc) is 2.18. The van der Waals surface area contributed by atoms with Crippen LogP contribution in [0.3, 0.4) is 0 Å². The maximum Gasteiger partial charge on any atom is 0.149 e. The Hall–Kier alpha value is -0.410. The second kappa shape index (κ2) is 6.31. The Kier molecular flexibility index (Phi) is 6.07. The Labute approximate surface area is 68.3 Å². The summed E-state index contributed by atoms with van der Waals surface area (Å²) in [7, 11) is 1.78. The minimum Gasteiger partial charge on any atom is -0.299 e. The summed E-state index contributed by atoms with van der Waals surface area (Å²) in [4.78, 5) is 15.9. The maximum atomic E-state index is 10.8. The molecule has 0 aromatic rings. The summed E-state index contributed by atoms with van der Waals surface area (Å²) in [6, 6.07) is 0. The summed E-state index contributed by atoms with van der Waals surface area (Å²) in [6.45, 7) is 5.13. The Morgan fingerprint density at radius 3 is 2.73 bits per heavy atom. The van der Waals surface area contributed by atoms with Crippen molar-refractivity contribution in [2.45, 2.75) is 26.7 Å². The summed E-state index contributed by atoms with van der Waals surface area (Å²) >= 11 is 0. The second-order valence-corrected chi connectivity index (χ2v) is 2.26. The molecule has 0 aliphatic carbocycles. The number of hydroxylamine groups is 2. The van der Waals surface area contributed by atoms with Gasteiger partial charge in [0.05, 0.1) is 13.2 Å². The van der Waals surface area contributed by atoms with Crippen LogP contribution in [0.4, 0.5) is 0 Å². The zero-order valence-electron chi connectivity index (χ0n) is 7.59. The van der Waals surface area contributed by atoms with Crippen molar-refractivity contribution in [1.82, 2.24) is 5.06 Å². The van der Waals surface area contributed by atoms with E-state index in [1.165, 1.54) is 0 Å². The van der Waals surface area contributed by atoms with Crippen molar-refractivity contribution in [2.75, 3.05) is 20.2 Å². The van der Waals surface area contributed by atoms with Crippen molar-refractivity contribution in [2.24, 2.45) is 0 Å². The Bertz CT molecular complexity index is 115. The SMILES string of the molecule is CC.CN1CC(=O)CCCO1. The van der Waals surface area contributed by atoms with E-state index in [2.05, 4.69) is 0 Å². The predicted molar refractivity (Wildman–Crippen MR) is 44.2 cm³/mol. The van der Waals surface area contributed by atoms with Crippen molar-refractivity contribution in [3.05, 3.63) is 0 Å². The first-order valence-electron chi connectivity index (χ1n) is 4.15. The van der Waals surface area contributed by atoms with E-state index < -0.39 is 0 Å². The summed E-state index contributed by atoms with van der Waals surface area (Å²) in [5.41, 5.74) is 0. The molecule has 1 fully saturated rings. The molecule has 0 atom stereocenters. The lowest BCUT2D eigenvalue weighted by Crippen LogP contribution is -2.22. The maximum absolute atomic E-state index is 10.8. The fourth-order valence-corrected chi connectivity index (χ4v) is 0.863. The molecule has 0 aromatic heterocycles. The molecular formula is C8H17NO2. The average molecular weight is 159 g/mol. The number of carbonyl (C=O) groups excluding carboxylic acids is 1. The predicted octanol–water partition coefficient (Wildman–Crippen LogP) is 1.24. The third kappa shape index (κ3) is 4.93. The number of ketones is 1. The van der Waals surface area contributed by atoms with Gasteiger partial charge in [-0.3, -0.25) is 9.63 Å². The number of likely N-dealkylation sites (N-methyl/N-ethyl adjacent to an activating group) is 1. The largest absolute Gasteiger partial charge is 0.299 e. The van der Waals surface area contributed by atoms with Gasteiger partial charge in [-0.25, -0.2) is 0 Å². The van der Waals surface area contributed by atoms with E-state index in [1.54, 1.807) is 12.1 Å². The van der Waals surface area contributed by atoms with Crippen LogP contribution in [0.15, 0.2) is 0 Å². The van der Waals surface area contributed by atoms with E-state index in [9.17, 15) is 4.79 Å². The molecule has 1 heterocycles. The Morgan fingerprint density at radius 1 is 1.45 bits per heavy atom. The van der Waals surface area contributed by atoms with Gasteiger partial charge in [-0.05, 0) is 6.42 Å². The zero-order chi connectivity index (χ0) is 8.69. The first-order valence-corrected chi connectivity index (χ1v) is 4.15. The molecule has 66 valence electrons. The van der Waals surface area contributed by atoms with Crippen LogP contribution >= 0.6 is 0 Å². The number of hydrogen-bond donors (Lipinski definition) is 0. The summed E-state index contributed by atoms with van der Waals surface area (Å²) < 4.78 is 0. The van der Waals surface area contributed by atoms with Crippen LogP contribution < -0.4 is 0 Å². The van der Waals surface area contributed by atoms with E-state index in [0.29, 0.717) is 19.6 Å². The number of Topliss-reactive ketones (excluding diaryl/α,β-unsaturated/α-hetero) is 1. The van der Waals surface area contributed by atoms with E-state index in [0.717, 1.165) is 6.42 Å². The fourth-order valence-electron chi connectivity index (χ4n) is 0.863. The van der Waals surface area contributed by atoms with Gasteiger partial charge in [-0.1, -0.05) is 13.8 Å².